The van der Waals surface area contributed by atoms with Crippen molar-refractivity contribution in [2.75, 3.05) is 46.6 Å². The minimum absolute atomic E-state index is 0.410. The van der Waals surface area contributed by atoms with Crippen LogP contribution in [0, 0.1) is 0 Å². The second-order valence-electron chi connectivity index (χ2n) is 4.77. The van der Waals surface area contributed by atoms with Crippen LogP contribution in [0.1, 0.15) is 33.1 Å². The fourth-order valence-electron chi connectivity index (χ4n) is 1.52. The van der Waals surface area contributed by atoms with Crippen LogP contribution < -0.4 is 10.0 Å². The number of hydrogen-bond donors (Lipinski definition) is 2. The third-order valence-electron chi connectivity index (χ3n) is 2.84. The maximum atomic E-state index is 11.9. The Morgan fingerprint density at radius 1 is 1.10 bits per heavy atom. The van der Waals surface area contributed by atoms with Crippen LogP contribution in [0.3, 0.4) is 0 Å². The molecule has 0 aliphatic heterocycles. The van der Waals surface area contributed by atoms with E-state index in [9.17, 15) is 8.42 Å². The van der Waals surface area contributed by atoms with Gasteiger partial charge in [0.25, 0.3) is 0 Å². The van der Waals surface area contributed by atoms with E-state index in [0.29, 0.717) is 32.9 Å². The van der Waals surface area contributed by atoms with Gasteiger partial charge >= 0.3 is 0 Å². The van der Waals surface area contributed by atoms with Gasteiger partial charge in [0.15, 0.2) is 0 Å². The third-order valence-corrected chi connectivity index (χ3v) is 4.67. The maximum absolute atomic E-state index is 11.9. The van der Waals surface area contributed by atoms with Crippen molar-refractivity contribution in [1.29, 1.82) is 0 Å². The molecule has 0 radical (unpaired) electrons. The zero-order valence-corrected chi connectivity index (χ0v) is 13.8. The first kappa shape index (κ1) is 19.8. The number of nitrogens with one attached hydrogen (secondary N) is 2. The van der Waals surface area contributed by atoms with Gasteiger partial charge in [0.2, 0.25) is 10.0 Å². The largest absolute Gasteiger partial charge is 0.382 e. The van der Waals surface area contributed by atoms with Crippen molar-refractivity contribution in [3.05, 3.63) is 0 Å². The van der Waals surface area contributed by atoms with Gasteiger partial charge in [0.05, 0.1) is 18.5 Å². The molecule has 1 atom stereocenters. The van der Waals surface area contributed by atoms with Gasteiger partial charge in [-0.2, -0.15) is 0 Å². The second-order valence-corrected chi connectivity index (χ2v) is 6.95. The van der Waals surface area contributed by atoms with Crippen LogP contribution >= 0.6 is 0 Å². The number of methoxy groups -OCH3 is 1. The summed E-state index contributed by atoms with van der Waals surface area (Å²) in [6, 6.07) is 0. The van der Waals surface area contributed by atoms with E-state index in [1.165, 1.54) is 0 Å². The van der Waals surface area contributed by atoms with Gasteiger partial charge in [-0.15, -0.1) is 0 Å². The SMILES string of the molecule is CCCNCC(C)S(=O)(=O)NCCCCOCCOC. The number of sulfonamides is 1. The fraction of sp³-hybridized carbons (Fsp3) is 1.00. The van der Waals surface area contributed by atoms with Gasteiger partial charge in [-0.1, -0.05) is 6.92 Å². The molecule has 122 valence electrons. The van der Waals surface area contributed by atoms with Crippen molar-refractivity contribution in [2.24, 2.45) is 0 Å². The quantitative estimate of drug-likeness (QED) is 0.463. The first-order chi connectivity index (χ1) is 9.54. The minimum atomic E-state index is -3.22. The molecule has 1 unspecified atom stereocenters. The third kappa shape index (κ3) is 10.6. The van der Waals surface area contributed by atoms with Crippen LogP contribution in [0.2, 0.25) is 0 Å². The molecular formula is C13H30N2O4S. The van der Waals surface area contributed by atoms with Crippen molar-refractivity contribution in [3.8, 4) is 0 Å². The van der Waals surface area contributed by atoms with Crippen LogP contribution in [0.15, 0.2) is 0 Å². The average Bonchev–Trinajstić information content (AvgIpc) is 2.42. The molecule has 20 heavy (non-hydrogen) atoms. The van der Waals surface area contributed by atoms with Gasteiger partial charge < -0.3 is 14.8 Å². The number of hydrogen-bond acceptors (Lipinski definition) is 5. The van der Waals surface area contributed by atoms with Crippen LogP contribution in [-0.4, -0.2) is 60.2 Å². The van der Waals surface area contributed by atoms with Crippen LogP contribution in [0.4, 0.5) is 0 Å². The van der Waals surface area contributed by atoms with E-state index >= 15 is 0 Å². The summed E-state index contributed by atoms with van der Waals surface area (Å²) in [6.45, 7) is 7.39. The molecule has 0 fully saturated rings. The monoisotopic (exact) mass is 310 g/mol. The highest BCUT2D eigenvalue weighted by Crippen LogP contribution is 1.98. The smallest absolute Gasteiger partial charge is 0.215 e. The van der Waals surface area contributed by atoms with Crippen molar-refractivity contribution in [2.45, 2.75) is 38.4 Å². The summed E-state index contributed by atoms with van der Waals surface area (Å²) >= 11 is 0. The molecule has 0 heterocycles. The van der Waals surface area contributed by atoms with E-state index in [0.717, 1.165) is 25.8 Å². The van der Waals surface area contributed by atoms with Gasteiger partial charge in [-0.25, -0.2) is 13.1 Å². The van der Waals surface area contributed by atoms with Gasteiger partial charge in [-0.05, 0) is 32.7 Å². The van der Waals surface area contributed by atoms with Crippen molar-refractivity contribution in [1.82, 2.24) is 10.0 Å². The van der Waals surface area contributed by atoms with E-state index in [1.54, 1.807) is 14.0 Å². The number of ether oxygens (including phenoxy) is 2. The Hall–Kier alpha value is -0.210. The zero-order chi connectivity index (χ0) is 15.3. The molecule has 0 bridgehead atoms. The molecule has 0 spiro atoms. The van der Waals surface area contributed by atoms with E-state index in [4.69, 9.17) is 9.47 Å². The lowest BCUT2D eigenvalue weighted by Gasteiger charge is -2.14. The van der Waals surface area contributed by atoms with Crippen molar-refractivity contribution < 1.29 is 17.9 Å². The molecular weight excluding hydrogens is 280 g/mol. The zero-order valence-electron chi connectivity index (χ0n) is 13.0. The predicted molar refractivity (Wildman–Crippen MR) is 81.5 cm³/mol. The standard InChI is InChI=1S/C13H30N2O4S/c1-4-7-14-12-13(2)20(16,17)15-8-5-6-9-19-11-10-18-3/h13-15H,4-12H2,1-3H3. The molecule has 6 nitrogen and oxygen atoms in total. The topological polar surface area (TPSA) is 76.7 Å². The molecule has 0 rings (SSSR count). The van der Waals surface area contributed by atoms with Gasteiger partial charge in [-0.3, -0.25) is 0 Å². The minimum Gasteiger partial charge on any atom is -0.382 e. The Morgan fingerprint density at radius 3 is 2.50 bits per heavy atom. The number of unbranched alkanes of at least 4 members (excludes halogenated alkanes) is 1. The summed E-state index contributed by atoms with van der Waals surface area (Å²) in [5, 5.41) is 2.71. The number of rotatable bonds is 14. The molecule has 0 aliphatic rings. The highest BCUT2D eigenvalue weighted by Gasteiger charge is 2.18. The van der Waals surface area contributed by atoms with Gasteiger partial charge in [0.1, 0.15) is 0 Å². The van der Waals surface area contributed by atoms with E-state index in [2.05, 4.69) is 17.0 Å². The molecule has 7 heteroatoms. The molecule has 0 aromatic carbocycles. The van der Waals surface area contributed by atoms with Crippen molar-refractivity contribution >= 4 is 10.0 Å². The van der Waals surface area contributed by atoms with E-state index < -0.39 is 15.3 Å². The Balaban J connectivity index is 3.61. The molecule has 0 saturated heterocycles. The average molecular weight is 310 g/mol. The predicted octanol–water partition coefficient (Wildman–Crippen LogP) is 0.737. The summed E-state index contributed by atoms with van der Waals surface area (Å²) in [5.74, 6) is 0. The molecule has 0 aromatic heterocycles. The summed E-state index contributed by atoms with van der Waals surface area (Å²) in [6.07, 6.45) is 2.62. The lowest BCUT2D eigenvalue weighted by Crippen LogP contribution is -2.39. The first-order valence-corrected chi connectivity index (χ1v) is 8.85. The maximum Gasteiger partial charge on any atom is 0.215 e. The van der Waals surface area contributed by atoms with Crippen molar-refractivity contribution in [3.63, 3.8) is 0 Å². The molecule has 0 aromatic rings. The Bertz CT molecular complexity index is 309. The summed E-state index contributed by atoms with van der Waals surface area (Å²) in [4.78, 5) is 0. The Labute approximate surface area is 123 Å². The molecule has 2 N–H and O–H groups in total. The summed E-state index contributed by atoms with van der Waals surface area (Å²) < 4.78 is 36.6. The van der Waals surface area contributed by atoms with E-state index in [-0.39, 0.29) is 0 Å². The molecule has 0 aliphatic carbocycles. The summed E-state index contributed by atoms with van der Waals surface area (Å²) in [5.41, 5.74) is 0. The summed E-state index contributed by atoms with van der Waals surface area (Å²) in [7, 11) is -1.58. The normalized spacial score (nSPS) is 13.6. The highest BCUT2D eigenvalue weighted by molar-refractivity contribution is 7.90. The first-order valence-electron chi connectivity index (χ1n) is 7.30. The lowest BCUT2D eigenvalue weighted by molar-refractivity contribution is 0.0689. The Morgan fingerprint density at radius 2 is 1.85 bits per heavy atom. The van der Waals surface area contributed by atoms with Crippen LogP contribution in [-0.2, 0) is 19.5 Å². The second kappa shape index (κ2) is 12.5. The Kier molecular flexibility index (Phi) is 12.4. The molecule has 0 saturated carbocycles. The lowest BCUT2D eigenvalue weighted by atomic mass is 10.3. The van der Waals surface area contributed by atoms with Crippen LogP contribution in [0.25, 0.3) is 0 Å². The highest BCUT2D eigenvalue weighted by atomic mass is 32.2. The van der Waals surface area contributed by atoms with Gasteiger partial charge in [0, 0.05) is 26.8 Å². The fourth-order valence-corrected chi connectivity index (χ4v) is 2.57. The van der Waals surface area contributed by atoms with E-state index in [1.807, 2.05) is 0 Å². The van der Waals surface area contributed by atoms with Crippen LogP contribution in [0.5, 0.6) is 0 Å². The molecule has 0 amide bonds.